The predicted molar refractivity (Wildman–Crippen MR) is 131 cm³/mol. The van der Waals surface area contributed by atoms with Crippen molar-refractivity contribution in [3.8, 4) is 5.69 Å². The molecule has 1 aliphatic heterocycles. The minimum absolute atomic E-state index is 0.344. The van der Waals surface area contributed by atoms with Crippen molar-refractivity contribution in [2.24, 2.45) is 0 Å². The van der Waals surface area contributed by atoms with Gasteiger partial charge in [-0.05, 0) is 44.0 Å². The maximum atomic E-state index is 13.1. The van der Waals surface area contributed by atoms with E-state index in [0.29, 0.717) is 37.0 Å². The number of rotatable bonds is 5. The van der Waals surface area contributed by atoms with Crippen molar-refractivity contribution >= 4 is 26.9 Å². The van der Waals surface area contributed by atoms with Gasteiger partial charge in [-0.3, -0.25) is 0 Å². The Morgan fingerprint density at radius 2 is 1.59 bits per heavy atom. The molecule has 1 saturated carbocycles. The summed E-state index contributed by atoms with van der Waals surface area (Å²) in [5.41, 5.74) is 2.80. The summed E-state index contributed by atoms with van der Waals surface area (Å²) in [4.78, 5) is 12.3. The lowest BCUT2D eigenvalue weighted by Gasteiger charge is -2.35. The molecule has 0 atom stereocenters. The molecule has 0 amide bonds. The second kappa shape index (κ2) is 8.18. The SMILES string of the molecule is Cc1ccc(S(=O)(=O)N2CCN(c3nc(C4CC4)nc4c3cnn4-c3ccccc3)CC2)cc1. The zero-order valence-electron chi connectivity index (χ0n) is 19.0. The summed E-state index contributed by atoms with van der Waals surface area (Å²) < 4.78 is 29.7. The zero-order valence-corrected chi connectivity index (χ0v) is 19.8. The van der Waals surface area contributed by atoms with E-state index in [0.717, 1.165) is 46.8 Å². The molecule has 9 heteroatoms. The maximum absolute atomic E-state index is 13.1. The highest BCUT2D eigenvalue weighted by atomic mass is 32.2. The molecule has 2 aromatic heterocycles. The van der Waals surface area contributed by atoms with Crippen molar-refractivity contribution in [1.29, 1.82) is 0 Å². The first-order chi connectivity index (χ1) is 16.5. The van der Waals surface area contributed by atoms with Gasteiger partial charge < -0.3 is 4.90 Å². The van der Waals surface area contributed by atoms with Gasteiger partial charge in [0.25, 0.3) is 0 Å². The molecule has 2 aliphatic rings. The predicted octanol–water partition coefficient (Wildman–Crippen LogP) is 3.51. The van der Waals surface area contributed by atoms with Gasteiger partial charge in [0.15, 0.2) is 5.65 Å². The van der Waals surface area contributed by atoms with Crippen molar-refractivity contribution in [2.75, 3.05) is 31.1 Å². The van der Waals surface area contributed by atoms with E-state index < -0.39 is 10.0 Å². The van der Waals surface area contributed by atoms with E-state index in [9.17, 15) is 8.42 Å². The monoisotopic (exact) mass is 474 g/mol. The number of anilines is 1. The first-order valence-corrected chi connectivity index (χ1v) is 13.1. The highest BCUT2D eigenvalue weighted by Crippen LogP contribution is 2.40. The maximum Gasteiger partial charge on any atom is 0.243 e. The quantitative estimate of drug-likeness (QED) is 0.440. The lowest BCUT2D eigenvalue weighted by molar-refractivity contribution is 0.384. The van der Waals surface area contributed by atoms with Gasteiger partial charge >= 0.3 is 0 Å². The standard InChI is InChI=1S/C25H26N6O2S/c1-18-7-11-21(12-8-18)34(32,33)30-15-13-29(14-16-30)24-22-17-26-31(20-5-3-2-4-6-20)25(22)28-23(27-24)19-9-10-19/h2-8,11-12,17,19H,9-10,13-16H2,1H3. The molecule has 2 fully saturated rings. The van der Waals surface area contributed by atoms with Crippen LogP contribution in [0.2, 0.25) is 0 Å². The second-order valence-electron chi connectivity index (χ2n) is 9.01. The van der Waals surface area contributed by atoms with Crippen LogP contribution < -0.4 is 4.90 Å². The lowest BCUT2D eigenvalue weighted by Crippen LogP contribution is -2.49. The van der Waals surface area contributed by atoms with E-state index in [-0.39, 0.29) is 0 Å². The molecule has 1 aliphatic carbocycles. The molecular weight excluding hydrogens is 448 g/mol. The van der Waals surface area contributed by atoms with Crippen LogP contribution in [0.25, 0.3) is 16.7 Å². The van der Waals surface area contributed by atoms with Gasteiger partial charge in [-0.15, -0.1) is 0 Å². The van der Waals surface area contributed by atoms with Crippen LogP contribution in [-0.2, 0) is 10.0 Å². The number of sulfonamides is 1. The number of fused-ring (bicyclic) bond motifs is 1. The molecule has 8 nitrogen and oxygen atoms in total. The van der Waals surface area contributed by atoms with E-state index in [4.69, 9.17) is 9.97 Å². The molecule has 4 aromatic rings. The Hall–Kier alpha value is -3.30. The van der Waals surface area contributed by atoms with Gasteiger partial charge in [0.1, 0.15) is 11.6 Å². The second-order valence-corrected chi connectivity index (χ2v) is 11.0. The van der Waals surface area contributed by atoms with Crippen LogP contribution in [0.1, 0.15) is 30.1 Å². The molecule has 0 radical (unpaired) electrons. The Labute approximate surface area is 198 Å². The Morgan fingerprint density at radius 1 is 0.882 bits per heavy atom. The normalized spacial score (nSPS) is 17.4. The van der Waals surface area contributed by atoms with Crippen LogP contribution in [0.3, 0.4) is 0 Å². The molecule has 0 spiro atoms. The number of hydrogen-bond donors (Lipinski definition) is 0. The summed E-state index contributed by atoms with van der Waals surface area (Å²) in [6, 6.07) is 17.0. The fourth-order valence-electron chi connectivity index (χ4n) is 4.43. The van der Waals surface area contributed by atoms with Crippen molar-refractivity contribution in [2.45, 2.75) is 30.6 Å². The Bertz CT molecular complexity index is 1440. The third kappa shape index (κ3) is 3.74. The highest BCUT2D eigenvalue weighted by molar-refractivity contribution is 7.89. The molecule has 0 bridgehead atoms. The largest absolute Gasteiger partial charge is 0.353 e. The highest BCUT2D eigenvalue weighted by Gasteiger charge is 2.32. The Kier molecular flexibility index (Phi) is 5.11. The van der Waals surface area contributed by atoms with Crippen LogP contribution in [-0.4, -0.2) is 58.7 Å². The van der Waals surface area contributed by atoms with Crippen molar-refractivity contribution in [3.63, 3.8) is 0 Å². The molecule has 6 rings (SSSR count). The molecule has 3 heterocycles. The topological polar surface area (TPSA) is 84.2 Å². The molecule has 0 N–H and O–H groups in total. The average Bonchev–Trinajstić information content (AvgIpc) is 3.63. The van der Waals surface area contributed by atoms with Crippen molar-refractivity contribution in [3.05, 3.63) is 72.2 Å². The van der Waals surface area contributed by atoms with Gasteiger partial charge in [-0.2, -0.15) is 9.40 Å². The van der Waals surface area contributed by atoms with Crippen LogP contribution in [0.4, 0.5) is 5.82 Å². The van der Waals surface area contributed by atoms with Crippen LogP contribution in [0.5, 0.6) is 0 Å². The fourth-order valence-corrected chi connectivity index (χ4v) is 5.85. The Morgan fingerprint density at radius 3 is 2.26 bits per heavy atom. The van der Waals surface area contributed by atoms with Gasteiger partial charge in [-0.1, -0.05) is 35.9 Å². The van der Waals surface area contributed by atoms with E-state index >= 15 is 0 Å². The summed E-state index contributed by atoms with van der Waals surface area (Å²) in [6.45, 7) is 3.91. The number of para-hydroxylation sites is 1. The molecule has 2 aromatic carbocycles. The number of aryl methyl sites for hydroxylation is 1. The summed E-state index contributed by atoms with van der Waals surface area (Å²) in [5.74, 6) is 2.10. The molecule has 174 valence electrons. The number of nitrogens with zero attached hydrogens (tertiary/aromatic N) is 6. The fraction of sp³-hybridized carbons (Fsp3) is 0.320. The lowest BCUT2D eigenvalue weighted by atomic mass is 10.2. The smallest absolute Gasteiger partial charge is 0.243 e. The molecule has 34 heavy (non-hydrogen) atoms. The van der Waals surface area contributed by atoms with E-state index in [1.54, 1.807) is 16.4 Å². The van der Waals surface area contributed by atoms with Crippen LogP contribution >= 0.6 is 0 Å². The third-order valence-corrected chi connectivity index (χ3v) is 8.48. The minimum Gasteiger partial charge on any atom is -0.353 e. The van der Waals surface area contributed by atoms with Crippen molar-refractivity contribution in [1.82, 2.24) is 24.1 Å². The first-order valence-electron chi connectivity index (χ1n) is 11.6. The minimum atomic E-state index is -3.51. The number of aromatic nitrogens is 4. The van der Waals surface area contributed by atoms with Crippen LogP contribution in [0, 0.1) is 6.92 Å². The molecule has 1 saturated heterocycles. The summed E-state index contributed by atoms with van der Waals surface area (Å²) >= 11 is 0. The van der Waals surface area contributed by atoms with Crippen LogP contribution in [0.15, 0.2) is 65.7 Å². The van der Waals surface area contributed by atoms with E-state index in [1.807, 2.05) is 60.3 Å². The summed E-state index contributed by atoms with van der Waals surface area (Å²) in [7, 11) is -3.51. The average molecular weight is 475 g/mol. The third-order valence-electron chi connectivity index (χ3n) is 6.57. The molecular formula is C25H26N6O2S. The van der Waals surface area contributed by atoms with Gasteiger partial charge in [-0.25, -0.2) is 23.1 Å². The van der Waals surface area contributed by atoms with Gasteiger partial charge in [0.2, 0.25) is 10.0 Å². The zero-order chi connectivity index (χ0) is 23.3. The molecule has 0 unspecified atom stereocenters. The van der Waals surface area contributed by atoms with Crippen molar-refractivity contribution < 1.29 is 8.42 Å². The Balaban J connectivity index is 1.31. The number of piperazine rings is 1. The van der Waals surface area contributed by atoms with Gasteiger partial charge in [0.05, 0.1) is 22.2 Å². The number of hydrogen-bond acceptors (Lipinski definition) is 6. The number of benzene rings is 2. The summed E-state index contributed by atoms with van der Waals surface area (Å²) in [5, 5.41) is 5.52. The first kappa shape index (κ1) is 21.2. The van der Waals surface area contributed by atoms with Gasteiger partial charge in [0, 0.05) is 32.1 Å². The van der Waals surface area contributed by atoms with E-state index in [1.165, 1.54) is 0 Å². The van der Waals surface area contributed by atoms with E-state index in [2.05, 4.69) is 10.00 Å². The summed E-state index contributed by atoms with van der Waals surface area (Å²) in [6.07, 6.45) is 4.03.